The van der Waals surface area contributed by atoms with E-state index in [0.717, 1.165) is 11.3 Å². The molecule has 1 nitrogen and oxygen atoms in total. The van der Waals surface area contributed by atoms with E-state index in [0.29, 0.717) is 13.0 Å². The molecular weight excluding hydrogens is 160 g/mol. The second-order valence-corrected chi connectivity index (χ2v) is 2.52. The Morgan fingerprint density at radius 3 is 2.31 bits per heavy atom. The molecule has 0 aromatic heterocycles. The van der Waals surface area contributed by atoms with Crippen LogP contribution in [0, 0.1) is 24.7 Å². The standard InChI is InChI=1S/C12H10O/c1-3-5-11-6-8-12(9-7-11)13-10-4-2/h1-2,6-9H,5,10H2. The molecule has 0 heterocycles. The van der Waals surface area contributed by atoms with Gasteiger partial charge in [0.1, 0.15) is 12.4 Å². The van der Waals surface area contributed by atoms with Gasteiger partial charge in [-0.1, -0.05) is 18.1 Å². The summed E-state index contributed by atoms with van der Waals surface area (Å²) < 4.78 is 5.20. The van der Waals surface area contributed by atoms with Crippen LogP contribution in [0.5, 0.6) is 5.75 Å². The van der Waals surface area contributed by atoms with Gasteiger partial charge in [-0.3, -0.25) is 0 Å². The first kappa shape index (κ1) is 9.23. The van der Waals surface area contributed by atoms with Crippen LogP contribution >= 0.6 is 0 Å². The number of ether oxygens (including phenoxy) is 1. The predicted octanol–water partition coefficient (Wildman–Crippen LogP) is 1.87. The van der Waals surface area contributed by atoms with Crippen molar-refractivity contribution in [1.82, 2.24) is 0 Å². The molecule has 0 bridgehead atoms. The Bertz CT molecular complexity index is 335. The zero-order chi connectivity index (χ0) is 9.52. The Kier molecular flexibility index (Phi) is 3.48. The fourth-order valence-corrected chi connectivity index (χ4v) is 0.946. The highest BCUT2D eigenvalue weighted by Gasteiger charge is 1.92. The van der Waals surface area contributed by atoms with Crippen LogP contribution in [0.2, 0.25) is 0 Å². The molecule has 1 heteroatoms. The van der Waals surface area contributed by atoms with Crippen molar-refractivity contribution in [1.29, 1.82) is 0 Å². The number of hydrogen-bond donors (Lipinski definition) is 0. The predicted molar refractivity (Wildman–Crippen MR) is 53.3 cm³/mol. The van der Waals surface area contributed by atoms with Crippen molar-refractivity contribution >= 4 is 0 Å². The fourth-order valence-electron chi connectivity index (χ4n) is 0.946. The van der Waals surface area contributed by atoms with E-state index < -0.39 is 0 Å². The monoisotopic (exact) mass is 170 g/mol. The molecule has 13 heavy (non-hydrogen) atoms. The average Bonchev–Trinajstić information content (AvgIpc) is 2.17. The van der Waals surface area contributed by atoms with Crippen LogP contribution in [0.3, 0.4) is 0 Å². The van der Waals surface area contributed by atoms with Gasteiger partial charge in [-0.05, 0) is 17.7 Å². The third-order valence-electron chi connectivity index (χ3n) is 1.55. The molecule has 0 aliphatic heterocycles. The lowest BCUT2D eigenvalue weighted by molar-refractivity contribution is 0.370. The molecule has 0 aliphatic carbocycles. The zero-order valence-corrected chi connectivity index (χ0v) is 7.29. The molecule has 0 spiro atoms. The van der Waals surface area contributed by atoms with Gasteiger partial charge < -0.3 is 4.74 Å². The molecule has 0 unspecified atom stereocenters. The van der Waals surface area contributed by atoms with E-state index in [1.807, 2.05) is 24.3 Å². The van der Waals surface area contributed by atoms with Crippen molar-refractivity contribution in [3.63, 3.8) is 0 Å². The first-order valence-corrected chi connectivity index (χ1v) is 3.95. The third-order valence-corrected chi connectivity index (χ3v) is 1.55. The van der Waals surface area contributed by atoms with E-state index in [2.05, 4.69) is 11.8 Å². The van der Waals surface area contributed by atoms with Gasteiger partial charge in [0.2, 0.25) is 0 Å². The molecule has 1 aromatic carbocycles. The first-order valence-electron chi connectivity index (χ1n) is 3.95. The minimum atomic E-state index is 0.300. The molecule has 1 aromatic rings. The van der Waals surface area contributed by atoms with Gasteiger partial charge in [0, 0.05) is 6.42 Å². The molecule has 0 atom stereocenters. The normalized spacial score (nSPS) is 8.46. The van der Waals surface area contributed by atoms with Crippen molar-refractivity contribution < 1.29 is 4.74 Å². The molecule has 0 aliphatic rings. The van der Waals surface area contributed by atoms with Gasteiger partial charge in [-0.2, -0.15) is 0 Å². The Hall–Kier alpha value is -1.86. The highest BCUT2D eigenvalue weighted by atomic mass is 16.5. The summed E-state index contributed by atoms with van der Waals surface area (Å²) >= 11 is 0. The highest BCUT2D eigenvalue weighted by molar-refractivity contribution is 5.29. The largest absolute Gasteiger partial charge is 0.481 e. The average molecular weight is 170 g/mol. The molecule has 0 N–H and O–H groups in total. The summed E-state index contributed by atoms with van der Waals surface area (Å²) in [7, 11) is 0. The summed E-state index contributed by atoms with van der Waals surface area (Å²) in [5, 5.41) is 0. The van der Waals surface area contributed by atoms with Crippen LogP contribution < -0.4 is 4.74 Å². The lowest BCUT2D eigenvalue weighted by atomic mass is 10.1. The highest BCUT2D eigenvalue weighted by Crippen LogP contribution is 2.11. The first-order chi connectivity index (χ1) is 6.36. The summed E-state index contributed by atoms with van der Waals surface area (Å²) in [5.41, 5.74) is 1.11. The number of benzene rings is 1. The van der Waals surface area contributed by atoms with E-state index in [-0.39, 0.29) is 0 Å². The van der Waals surface area contributed by atoms with Crippen LogP contribution in [0.4, 0.5) is 0 Å². The molecule has 0 radical (unpaired) electrons. The number of terminal acetylenes is 2. The van der Waals surface area contributed by atoms with Crippen LogP contribution in [0.1, 0.15) is 5.56 Å². The summed E-state index contributed by atoms with van der Waals surface area (Å²) in [6.45, 7) is 0.300. The second-order valence-electron chi connectivity index (χ2n) is 2.52. The Balaban J connectivity index is 2.61. The Morgan fingerprint density at radius 1 is 1.08 bits per heavy atom. The van der Waals surface area contributed by atoms with E-state index in [1.54, 1.807) is 0 Å². The van der Waals surface area contributed by atoms with Crippen molar-refractivity contribution in [3.05, 3.63) is 29.8 Å². The number of rotatable bonds is 3. The second kappa shape index (κ2) is 4.91. The Labute approximate surface area is 78.7 Å². The van der Waals surface area contributed by atoms with Gasteiger partial charge in [0.15, 0.2) is 0 Å². The van der Waals surface area contributed by atoms with Gasteiger partial charge in [0.25, 0.3) is 0 Å². The molecule has 0 saturated carbocycles. The van der Waals surface area contributed by atoms with Crippen LogP contribution in [0.15, 0.2) is 24.3 Å². The maximum Gasteiger partial charge on any atom is 0.148 e. The van der Waals surface area contributed by atoms with Gasteiger partial charge >= 0.3 is 0 Å². The molecular formula is C12H10O. The van der Waals surface area contributed by atoms with Crippen LogP contribution in [-0.4, -0.2) is 6.61 Å². The molecule has 1 rings (SSSR count). The Morgan fingerprint density at radius 2 is 1.77 bits per heavy atom. The van der Waals surface area contributed by atoms with E-state index in [1.165, 1.54) is 0 Å². The smallest absolute Gasteiger partial charge is 0.148 e. The molecule has 0 fully saturated rings. The summed E-state index contributed by atoms with van der Waals surface area (Å²) in [6.07, 6.45) is 10.9. The molecule has 0 amide bonds. The van der Waals surface area contributed by atoms with Crippen molar-refractivity contribution in [2.45, 2.75) is 6.42 Å². The zero-order valence-electron chi connectivity index (χ0n) is 7.29. The lowest BCUT2D eigenvalue weighted by Crippen LogP contribution is -1.93. The fraction of sp³-hybridized carbons (Fsp3) is 0.167. The van der Waals surface area contributed by atoms with Crippen LogP contribution in [0.25, 0.3) is 0 Å². The number of hydrogen-bond acceptors (Lipinski definition) is 1. The van der Waals surface area contributed by atoms with Gasteiger partial charge in [0.05, 0.1) is 0 Å². The van der Waals surface area contributed by atoms with Crippen molar-refractivity contribution in [2.24, 2.45) is 0 Å². The SMILES string of the molecule is C#CCOc1ccc(CC#C)cc1. The van der Waals surface area contributed by atoms with Crippen molar-refractivity contribution in [3.8, 4) is 30.4 Å². The van der Waals surface area contributed by atoms with Crippen LogP contribution in [-0.2, 0) is 6.42 Å². The van der Waals surface area contributed by atoms with E-state index in [9.17, 15) is 0 Å². The van der Waals surface area contributed by atoms with Gasteiger partial charge in [-0.25, -0.2) is 0 Å². The summed E-state index contributed by atoms with van der Waals surface area (Å²) in [6, 6.07) is 7.60. The lowest BCUT2D eigenvalue weighted by Gasteiger charge is -2.01. The van der Waals surface area contributed by atoms with E-state index >= 15 is 0 Å². The maximum absolute atomic E-state index is 5.20. The minimum absolute atomic E-state index is 0.300. The van der Waals surface area contributed by atoms with Gasteiger partial charge in [-0.15, -0.1) is 18.8 Å². The quantitative estimate of drug-likeness (QED) is 0.629. The summed E-state index contributed by atoms with van der Waals surface area (Å²) in [5.74, 6) is 5.75. The topological polar surface area (TPSA) is 9.23 Å². The minimum Gasteiger partial charge on any atom is -0.481 e. The van der Waals surface area contributed by atoms with E-state index in [4.69, 9.17) is 17.6 Å². The summed E-state index contributed by atoms with van der Waals surface area (Å²) in [4.78, 5) is 0. The molecule has 64 valence electrons. The maximum atomic E-state index is 5.20. The third kappa shape index (κ3) is 2.93. The van der Waals surface area contributed by atoms with Crippen molar-refractivity contribution in [2.75, 3.05) is 6.61 Å². The molecule has 0 saturated heterocycles.